The van der Waals surface area contributed by atoms with E-state index in [1.165, 1.54) is 11.1 Å². The molecular weight excluding hydrogens is 346 g/mol. The number of aromatic nitrogens is 2. The Labute approximate surface area is 163 Å². The zero-order chi connectivity index (χ0) is 18.9. The fraction of sp³-hybridized carbons (Fsp3) is 0.167. The summed E-state index contributed by atoms with van der Waals surface area (Å²) in [5.41, 5.74) is 5.69. The van der Waals surface area contributed by atoms with Crippen LogP contribution in [0.1, 0.15) is 28.3 Å². The first kappa shape index (κ1) is 16.8. The molecule has 1 N–H and O–H groups in total. The summed E-state index contributed by atoms with van der Waals surface area (Å²) in [6.07, 6.45) is 6.88. The molecule has 28 heavy (non-hydrogen) atoms. The molecule has 1 unspecified atom stereocenters. The van der Waals surface area contributed by atoms with Crippen LogP contribution in [0.15, 0.2) is 79.3 Å². The molecule has 1 amide bonds. The number of carbonyl (C=O) groups is 1. The maximum Gasteiger partial charge on any atom is 0.227 e. The molecule has 1 aliphatic rings. The van der Waals surface area contributed by atoms with E-state index in [0.717, 1.165) is 35.0 Å². The number of amides is 1. The number of para-hydroxylation sites is 1. The average molecular weight is 367 g/mol. The van der Waals surface area contributed by atoms with Gasteiger partial charge in [-0.05, 0) is 40.8 Å². The third-order valence-electron chi connectivity index (χ3n) is 5.62. The van der Waals surface area contributed by atoms with E-state index in [2.05, 4.69) is 46.4 Å². The van der Waals surface area contributed by atoms with Crippen molar-refractivity contribution < 1.29 is 4.79 Å². The van der Waals surface area contributed by atoms with Crippen molar-refractivity contribution >= 4 is 16.8 Å². The number of nitrogens with one attached hydrogen (secondary N) is 1. The molecule has 0 fully saturated rings. The standard InChI is InChI=1S/C24H21N3O/c28-23(14-19-16-26-22-10-4-3-8-20(19)22)27-13-11-17-6-1-2-9-21(17)24(27)18-7-5-12-25-15-18/h1-10,12,15-16,24,26H,11,13-14H2. The van der Waals surface area contributed by atoms with E-state index >= 15 is 0 Å². The van der Waals surface area contributed by atoms with Crippen LogP contribution < -0.4 is 0 Å². The second-order valence-corrected chi connectivity index (χ2v) is 7.26. The number of pyridine rings is 1. The normalized spacial score (nSPS) is 16.1. The molecule has 2 aromatic carbocycles. The van der Waals surface area contributed by atoms with Crippen molar-refractivity contribution in [3.05, 3.63) is 102 Å². The van der Waals surface area contributed by atoms with Crippen LogP contribution in [-0.4, -0.2) is 27.3 Å². The van der Waals surface area contributed by atoms with Crippen molar-refractivity contribution in [3.8, 4) is 0 Å². The van der Waals surface area contributed by atoms with Crippen LogP contribution in [0.4, 0.5) is 0 Å². The van der Waals surface area contributed by atoms with Crippen LogP contribution >= 0.6 is 0 Å². The molecule has 2 aromatic heterocycles. The fourth-order valence-electron chi connectivity index (χ4n) is 4.27. The van der Waals surface area contributed by atoms with Crippen molar-refractivity contribution in [2.24, 2.45) is 0 Å². The summed E-state index contributed by atoms with van der Waals surface area (Å²) in [6, 6.07) is 20.5. The Morgan fingerprint density at radius 2 is 1.93 bits per heavy atom. The summed E-state index contributed by atoms with van der Waals surface area (Å²) >= 11 is 0. The zero-order valence-electron chi connectivity index (χ0n) is 15.5. The lowest BCUT2D eigenvalue weighted by Crippen LogP contribution is -2.41. The molecule has 138 valence electrons. The number of nitrogens with zero attached hydrogens (tertiary/aromatic N) is 2. The summed E-state index contributed by atoms with van der Waals surface area (Å²) < 4.78 is 0. The van der Waals surface area contributed by atoms with Crippen molar-refractivity contribution in [2.45, 2.75) is 18.9 Å². The van der Waals surface area contributed by atoms with E-state index in [1.54, 1.807) is 6.20 Å². The summed E-state index contributed by atoms with van der Waals surface area (Å²) in [6.45, 7) is 0.720. The predicted octanol–water partition coefficient (Wildman–Crippen LogP) is 4.28. The van der Waals surface area contributed by atoms with Crippen LogP contribution in [0.5, 0.6) is 0 Å². The molecule has 4 heteroatoms. The molecule has 5 rings (SSSR count). The molecule has 0 radical (unpaired) electrons. The van der Waals surface area contributed by atoms with Crippen LogP contribution in [0.25, 0.3) is 10.9 Å². The monoisotopic (exact) mass is 367 g/mol. The van der Waals surface area contributed by atoms with E-state index in [0.29, 0.717) is 6.42 Å². The lowest BCUT2D eigenvalue weighted by atomic mass is 9.88. The fourth-order valence-corrected chi connectivity index (χ4v) is 4.27. The molecule has 0 saturated carbocycles. The minimum absolute atomic E-state index is 0.0867. The minimum Gasteiger partial charge on any atom is -0.361 e. The van der Waals surface area contributed by atoms with Crippen molar-refractivity contribution in [1.82, 2.24) is 14.9 Å². The van der Waals surface area contributed by atoms with Gasteiger partial charge in [-0.15, -0.1) is 0 Å². The highest BCUT2D eigenvalue weighted by Gasteiger charge is 2.32. The van der Waals surface area contributed by atoms with Gasteiger partial charge < -0.3 is 9.88 Å². The lowest BCUT2D eigenvalue weighted by molar-refractivity contribution is -0.132. The molecule has 4 nitrogen and oxygen atoms in total. The Balaban J connectivity index is 1.51. The molecule has 0 saturated heterocycles. The van der Waals surface area contributed by atoms with Gasteiger partial charge in [-0.3, -0.25) is 9.78 Å². The SMILES string of the molecule is O=C(Cc1c[nH]c2ccccc12)N1CCc2ccccc2C1c1cccnc1. The van der Waals surface area contributed by atoms with Gasteiger partial charge in [0.25, 0.3) is 0 Å². The summed E-state index contributed by atoms with van der Waals surface area (Å²) in [4.78, 5) is 23.0. The smallest absolute Gasteiger partial charge is 0.227 e. The van der Waals surface area contributed by atoms with Gasteiger partial charge in [-0.1, -0.05) is 48.5 Å². The van der Waals surface area contributed by atoms with Gasteiger partial charge in [0.15, 0.2) is 0 Å². The topological polar surface area (TPSA) is 49.0 Å². The van der Waals surface area contributed by atoms with E-state index in [9.17, 15) is 4.79 Å². The van der Waals surface area contributed by atoms with Crippen LogP contribution in [0.2, 0.25) is 0 Å². The highest BCUT2D eigenvalue weighted by Crippen LogP contribution is 2.35. The van der Waals surface area contributed by atoms with Crippen molar-refractivity contribution in [3.63, 3.8) is 0 Å². The number of H-pyrrole nitrogens is 1. The van der Waals surface area contributed by atoms with E-state index in [-0.39, 0.29) is 11.9 Å². The highest BCUT2D eigenvalue weighted by molar-refractivity contribution is 5.89. The number of aromatic amines is 1. The van der Waals surface area contributed by atoms with Crippen LogP contribution in [0, 0.1) is 0 Å². The summed E-state index contributed by atoms with van der Waals surface area (Å²) in [5.74, 6) is 0.146. The maximum absolute atomic E-state index is 13.4. The molecule has 1 atom stereocenters. The van der Waals surface area contributed by atoms with Crippen molar-refractivity contribution in [2.75, 3.05) is 6.54 Å². The number of hydrogen-bond acceptors (Lipinski definition) is 2. The highest BCUT2D eigenvalue weighted by atomic mass is 16.2. The van der Waals surface area contributed by atoms with Gasteiger partial charge in [-0.2, -0.15) is 0 Å². The first-order valence-electron chi connectivity index (χ1n) is 9.63. The second kappa shape index (κ2) is 6.97. The number of rotatable bonds is 3. The number of benzene rings is 2. The quantitative estimate of drug-likeness (QED) is 0.588. The molecule has 1 aliphatic heterocycles. The van der Waals surface area contributed by atoms with Crippen molar-refractivity contribution in [1.29, 1.82) is 0 Å². The first-order valence-corrected chi connectivity index (χ1v) is 9.63. The van der Waals surface area contributed by atoms with Gasteiger partial charge in [0.1, 0.15) is 0 Å². The molecule has 4 aromatic rings. The summed E-state index contributed by atoms with van der Waals surface area (Å²) in [7, 11) is 0. The van der Waals surface area contributed by atoms with Crippen LogP contribution in [0.3, 0.4) is 0 Å². The number of fused-ring (bicyclic) bond motifs is 2. The molecule has 0 bridgehead atoms. The predicted molar refractivity (Wildman–Crippen MR) is 110 cm³/mol. The van der Waals surface area contributed by atoms with Crippen LogP contribution in [-0.2, 0) is 17.6 Å². The van der Waals surface area contributed by atoms with E-state index in [4.69, 9.17) is 0 Å². The third kappa shape index (κ3) is 2.87. The molecular formula is C24H21N3O. The molecule has 3 heterocycles. The van der Waals surface area contributed by atoms with Gasteiger partial charge in [0.05, 0.1) is 12.5 Å². The number of carbonyl (C=O) groups excluding carboxylic acids is 1. The Morgan fingerprint density at radius 3 is 2.82 bits per heavy atom. The van der Waals surface area contributed by atoms with Gasteiger partial charge in [-0.25, -0.2) is 0 Å². The summed E-state index contributed by atoms with van der Waals surface area (Å²) in [5, 5.41) is 1.12. The van der Waals surface area contributed by atoms with Gasteiger partial charge >= 0.3 is 0 Å². The van der Waals surface area contributed by atoms with E-state index in [1.807, 2.05) is 41.6 Å². The lowest BCUT2D eigenvalue weighted by Gasteiger charge is -2.37. The second-order valence-electron chi connectivity index (χ2n) is 7.26. The minimum atomic E-state index is -0.0867. The maximum atomic E-state index is 13.4. The largest absolute Gasteiger partial charge is 0.361 e. The Kier molecular flexibility index (Phi) is 4.17. The number of hydrogen-bond donors (Lipinski definition) is 1. The Hall–Kier alpha value is -3.40. The zero-order valence-corrected chi connectivity index (χ0v) is 15.5. The van der Waals surface area contributed by atoms with Gasteiger partial charge in [0, 0.05) is 36.0 Å². The molecule has 0 spiro atoms. The average Bonchev–Trinajstić information content (AvgIpc) is 3.16. The Bertz CT molecular complexity index is 1130. The Morgan fingerprint density at radius 1 is 1.07 bits per heavy atom. The third-order valence-corrected chi connectivity index (χ3v) is 5.62. The van der Waals surface area contributed by atoms with Gasteiger partial charge in [0.2, 0.25) is 5.91 Å². The van der Waals surface area contributed by atoms with E-state index < -0.39 is 0 Å². The first-order chi connectivity index (χ1) is 13.8. The molecule has 0 aliphatic carbocycles.